The van der Waals surface area contributed by atoms with Crippen molar-refractivity contribution in [3.05, 3.63) is 58.8 Å². The Hall–Kier alpha value is -2.79. The van der Waals surface area contributed by atoms with Gasteiger partial charge >= 0.3 is 0 Å². The average molecular weight is 355 g/mol. The third-order valence-corrected chi connectivity index (χ3v) is 4.75. The van der Waals surface area contributed by atoms with Crippen LogP contribution in [-0.4, -0.2) is 18.2 Å². The number of halogens is 1. The molecular weight excluding hydrogens is 340 g/mol. The summed E-state index contributed by atoms with van der Waals surface area (Å²) in [4.78, 5) is 26.4. The second-order valence-electron chi connectivity index (χ2n) is 5.98. The van der Waals surface area contributed by atoms with Crippen molar-refractivity contribution in [3.8, 4) is 0 Å². The van der Waals surface area contributed by atoms with Gasteiger partial charge in [-0.2, -0.15) is 0 Å². The molecule has 5 nitrogen and oxygen atoms in total. The van der Waals surface area contributed by atoms with Crippen LogP contribution >= 0.6 is 11.6 Å². The van der Waals surface area contributed by atoms with Crippen molar-refractivity contribution in [2.45, 2.75) is 12.8 Å². The van der Waals surface area contributed by atoms with Gasteiger partial charge in [0.25, 0.3) is 0 Å². The summed E-state index contributed by atoms with van der Waals surface area (Å²) in [5.74, 6) is -0.211. The fraction of sp³-hybridized carbons (Fsp3) is 0.158. The second kappa shape index (κ2) is 5.93. The Labute approximate surface area is 149 Å². The number of furan rings is 1. The third kappa shape index (κ3) is 2.57. The summed E-state index contributed by atoms with van der Waals surface area (Å²) in [6.07, 6.45) is 1.39. The minimum absolute atomic E-state index is 0.0630. The molecule has 2 N–H and O–H groups in total. The van der Waals surface area contributed by atoms with Gasteiger partial charge in [0.05, 0.1) is 10.7 Å². The van der Waals surface area contributed by atoms with Crippen LogP contribution in [0.3, 0.4) is 0 Å². The number of anilines is 2. The summed E-state index contributed by atoms with van der Waals surface area (Å²) < 4.78 is 5.73. The van der Waals surface area contributed by atoms with Crippen molar-refractivity contribution in [1.82, 2.24) is 0 Å². The molecule has 0 unspecified atom stereocenters. The quantitative estimate of drug-likeness (QED) is 0.720. The lowest BCUT2D eigenvalue weighted by atomic mass is 10.1. The number of ketones is 1. The van der Waals surface area contributed by atoms with Crippen molar-refractivity contribution in [3.63, 3.8) is 0 Å². The Morgan fingerprint density at radius 1 is 1.20 bits per heavy atom. The molecule has 2 heterocycles. The predicted octanol–water partition coefficient (Wildman–Crippen LogP) is 4.03. The lowest BCUT2D eigenvalue weighted by Gasteiger charge is -2.15. The molecule has 4 rings (SSSR count). The van der Waals surface area contributed by atoms with Crippen molar-refractivity contribution < 1.29 is 14.0 Å². The minimum atomic E-state index is -0.363. The van der Waals surface area contributed by atoms with E-state index in [1.54, 1.807) is 41.3 Å². The first-order valence-corrected chi connectivity index (χ1v) is 8.35. The molecule has 1 aliphatic heterocycles. The number of nitrogens with two attached hydrogens (primary N) is 1. The fourth-order valence-electron chi connectivity index (χ4n) is 3.13. The topological polar surface area (TPSA) is 76.5 Å². The van der Waals surface area contributed by atoms with Crippen molar-refractivity contribution >= 4 is 45.6 Å². The molecule has 1 aliphatic rings. The summed E-state index contributed by atoms with van der Waals surface area (Å²) >= 11 is 6.10. The highest BCUT2D eigenvalue weighted by atomic mass is 35.5. The van der Waals surface area contributed by atoms with Crippen LogP contribution < -0.4 is 10.6 Å². The molecule has 25 heavy (non-hydrogen) atoms. The smallest absolute Gasteiger partial charge is 0.231 e. The van der Waals surface area contributed by atoms with E-state index in [0.717, 1.165) is 12.1 Å². The third-order valence-electron chi connectivity index (χ3n) is 4.42. The van der Waals surface area contributed by atoms with E-state index in [4.69, 9.17) is 21.8 Å². The molecule has 0 saturated carbocycles. The zero-order valence-corrected chi connectivity index (χ0v) is 14.0. The number of benzene rings is 2. The first-order valence-electron chi connectivity index (χ1n) is 7.98. The van der Waals surface area contributed by atoms with Crippen LogP contribution in [0.15, 0.2) is 46.9 Å². The Morgan fingerprint density at radius 2 is 2.00 bits per heavy atom. The predicted molar refractivity (Wildman–Crippen MR) is 97.1 cm³/mol. The van der Waals surface area contributed by atoms with E-state index in [1.807, 2.05) is 6.07 Å². The highest BCUT2D eigenvalue weighted by Gasteiger charge is 2.25. The van der Waals surface area contributed by atoms with Crippen LogP contribution in [0.2, 0.25) is 5.02 Å². The molecule has 0 aliphatic carbocycles. The highest BCUT2D eigenvalue weighted by molar-refractivity contribution is 6.35. The number of amides is 1. The van der Waals surface area contributed by atoms with Gasteiger partial charge in [0, 0.05) is 35.7 Å². The van der Waals surface area contributed by atoms with E-state index in [1.165, 1.54) is 0 Å². The Balaban J connectivity index is 1.78. The minimum Gasteiger partial charge on any atom is -0.450 e. The number of carbonyl (C=O) groups excluding carboxylic acids is 2. The van der Waals surface area contributed by atoms with Gasteiger partial charge in [0.15, 0.2) is 5.76 Å². The lowest BCUT2D eigenvalue weighted by molar-refractivity contribution is -0.117. The molecule has 0 bridgehead atoms. The van der Waals surface area contributed by atoms with Gasteiger partial charge in [-0.3, -0.25) is 9.59 Å². The van der Waals surface area contributed by atoms with Gasteiger partial charge in [0.2, 0.25) is 11.7 Å². The monoisotopic (exact) mass is 354 g/mol. The van der Waals surface area contributed by atoms with E-state index in [0.29, 0.717) is 34.5 Å². The molecule has 1 fully saturated rings. The van der Waals surface area contributed by atoms with Gasteiger partial charge in [-0.15, -0.1) is 0 Å². The lowest BCUT2D eigenvalue weighted by Crippen LogP contribution is -2.23. The first-order chi connectivity index (χ1) is 12.1. The van der Waals surface area contributed by atoms with Gasteiger partial charge in [-0.05, 0) is 30.7 Å². The summed E-state index contributed by atoms with van der Waals surface area (Å²) in [5.41, 5.74) is 7.96. The maximum absolute atomic E-state index is 12.7. The SMILES string of the molecule is Nc1c(C(=O)c2ccccc2Cl)oc2cc(N3CCCC3=O)ccc12. The van der Waals surface area contributed by atoms with Crippen LogP contribution in [0.4, 0.5) is 11.4 Å². The van der Waals surface area contributed by atoms with E-state index in [-0.39, 0.29) is 23.1 Å². The van der Waals surface area contributed by atoms with E-state index in [2.05, 4.69) is 0 Å². The molecular formula is C19H15ClN2O3. The molecule has 1 saturated heterocycles. The van der Waals surface area contributed by atoms with E-state index >= 15 is 0 Å². The molecule has 0 radical (unpaired) electrons. The molecule has 0 spiro atoms. The normalized spacial score (nSPS) is 14.4. The largest absolute Gasteiger partial charge is 0.450 e. The highest BCUT2D eigenvalue weighted by Crippen LogP contribution is 2.34. The number of hydrogen-bond donors (Lipinski definition) is 1. The van der Waals surface area contributed by atoms with Gasteiger partial charge in [0.1, 0.15) is 5.58 Å². The molecule has 2 aromatic carbocycles. The van der Waals surface area contributed by atoms with Crippen LogP contribution in [0.1, 0.15) is 29.0 Å². The van der Waals surface area contributed by atoms with Gasteiger partial charge < -0.3 is 15.1 Å². The molecule has 1 aromatic heterocycles. The molecule has 3 aromatic rings. The number of carbonyl (C=O) groups is 2. The summed E-state index contributed by atoms with van der Waals surface area (Å²) in [6, 6.07) is 12.1. The molecule has 126 valence electrons. The maximum Gasteiger partial charge on any atom is 0.231 e. The Bertz CT molecular complexity index is 1010. The van der Waals surface area contributed by atoms with E-state index < -0.39 is 0 Å². The van der Waals surface area contributed by atoms with Crippen LogP contribution in [0, 0.1) is 0 Å². The Kier molecular flexibility index (Phi) is 3.73. The van der Waals surface area contributed by atoms with Crippen molar-refractivity contribution in [2.24, 2.45) is 0 Å². The summed E-state index contributed by atoms with van der Waals surface area (Å²) in [6.45, 7) is 0.686. The van der Waals surface area contributed by atoms with Gasteiger partial charge in [-0.1, -0.05) is 23.7 Å². The molecule has 0 atom stereocenters. The van der Waals surface area contributed by atoms with Crippen LogP contribution in [0.25, 0.3) is 11.0 Å². The number of nitrogens with zero attached hydrogens (tertiary/aromatic N) is 1. The Morgan fingerprint density at radius 3 is 2.72 bits per heavy atom. The summed E-state index contributed by atoms with van der Waals surface area (Å²) in [5, 5.41) is 0.988. The molecule has 1 amide bonds. The van der Waals surface area contributed by atoms with Crippen molar-refractivity contribution in [2.75, 3.05) is 17.2 Å². The standard InChI is InChI=1S/C19H15ClN2O3/c20-14-5-2-1-4-12(14)18(24)19-17(21)13-8-7-11(10-15(13)25-19)22-9-3-6-16(22)23/h1-2,4-5,7-8,10H,3,6,9,21H2. The van der Waals surface area contributed by atoms with Crippen LogP contribution in [0.5, 0.6) is 0 Å². The van der Waals surface area contributed by atoms with Crippen LogP contribution in [-0.2, 0) is 4.79 Å². The number of nitrogen functional groups attached to an aromatic ring is 1. The number of fused-ring (bicyclic) bond motifs is 1. The van der Waals surface area contributed by atoms with Gasteiger partial charge in [-0.25, -0.2) is 0 Å². The average Bonchev–Trinajstić information content (AvgIpc) is 3.18. The second-order valence-corrected chi connectivity index (χ2v) is 6.39. The number of rotatable bonds is 3. The van der Waals surface area contributed by atoms with E-state index in [9.17, 15) is 9.59 Å². The summed E-state index contributed by atoms with van der Waals surface area (Å²) in [7, 11) is 0. The zero-order valence-electron chi connectivity index (χ0n) is 13.3. The fourth-order valence-corrected chi connectivity index (χ4v) is 3.35. The van der Waals surface area contributed by atoms with Crippen molar-refractivity contribution in [1.29, 1.82) is 0 Å². The molecule has 6 heteroatoms. The first kappa shape index (κ1) is 15.7. The maximum atomic E-state index is 12.7. The zero-order chi connectivity index (χ0) is 17.6. The number of hydrogen-bond acceptors (Lipinski definition) is 4.